The van der Waals surface area contributed by atoms with Crippen molar-refractivity contribution in [3.63, 3.8) is 0 Å². The first-order chi connectivity index (χ1) is 10.2. The molecular weight excluding hydrogens is 262 g/mol. The highest BCUT2D eigenvalue weighted by Gasteiger charge is 2.55. The van der Waals surface area contributed by atoms with Gasteiger partial charge in [0.25, 0.3) is 5.91 Å². The average Bonchev–Trinajstić information content (AvgIpc) is 2.51. The quantitative estimate of drug-likeness (QED) is 0.897. The van der Waals surface area contributed by atoms with Crippen molar-refractivity contribution in [1.29, 1.82) is 0 Å². The number of carbonyl (C=O) groups excluding carboxylic acids is 1. The van der Waals surface area contributed by atoms with Crippen molar-refractivity contribution in [2.75, 3.05) is 6.61 Å². The zero-order chi connectivity index (χ0) is 14.4. The van der Waals surface area contributed by atoms with Crippen LogP contribution >= 0.6 is 0 Å². The normalized spacial score (nSPS) is 40.2. The molecule has 2 N–H and O–H groups in total. The fraction of sp³-hybridized carbons (Fsp3) is 0.611. The van der Waals surface area contributed by atoms with Gasteiger partial charge in [-0.2, -0.15) is 0 Å². The Morgan fingerprint density at radius 1 is 1.14 bits per heavy atom. The zero-order valence-corrected chi connectivity index (χ0v) is 12.3. The van der Waals surface area contributed by atoms with Crippen molar-refractivity contribution < 1.29 is 9.90 Å². The lowest BCUT2D eigenvalue weighted by molar-refractivity contribution is -0.0969. The van der Waals surface area contributed by atoms with Crippen LogP contribution in [0.5, 0.6) is 0 Å². The molecule has 0 aromatic heterocycles. The molecule has 3 nitrogen and oxygen atoms in total. The number of carbonyl (C=O) groups is 1. The molecule has 4 saturated carbocycles. The summed E-state index contributed by atoms with van der Waals surface area (Å²) in [6.45, 7) is 0.329. The van der Waals surface area contributed by atoms with Crippen LogP contribution in [0.3, 0.4) is 0 Å². The summed E-state index contributed by atoms with van der Waals surface area (Å²) in [4.78, 5) is 12.4. The predicted molar refractivity (Wildman–Crippen MR) is 80.8 cm³/mol. The topological polar surface area (TPSA) is 49.3 Å². The lowest BCUT2D eigenvalue weighted by Gasteiger charge is -2.59. The van der Waals surface area contributed by atoms with E-state index in [2.05, 4.69) is 5.32 Å². The second-order valence-electron chi connectivity index (χ2n) is 7.49. The fourth-order valence-corrected chi connectivity index (χ4v) is 5.45. The highest BCUT2D eigenvalue weighted by molar-refractivity contribution is 5.94. The van der Waals surface area contributed by atoms with E-state index < -0.39 is 0 Å². The van der Waals surface area contributed by atoms with E-state index in [0.717, 1.165) is 24.3 Å². The molecule has 0 heterocycles. The maximum Gasteiger partial charge on any atom is 0.251 e. The van der Waals surface area contributed by atoms with Gasteiger partial charge in [-0.3, -0.25) is 4.79 Å². The second kappa shape index (κ2) is 4.84. The fourth-order valence-electron chi connectivity index (χ4n) is 5.45. The van der Waals surface area contributed by atoms with Crippen LogP contribution in [-0.2, 0) is 0 Å². The SMILES string of the molecule is O=C(NC1C2CC3CC1CC(CO)(C3)C2)c1ccccc1. The Balaban J connectivity index is 1.51. The van der Waals surface area contributed by atoms with E-state index in [4.69, 9.17) is 0 Å². The Kier molecular flexibility index (Phi) is 3.07. The Hall–Kier alpha value is -1.35. The van der Waals surface area contributed by atoms with Crippen LogP contribution in [0.25, 0.3) is 0 Å². The zero-order valence-electron chi connectivity index (χ0n) is 12.3. The summed E-state index contributed by atoms with van der Waals surface area (Å²) < 4.78 is 0. The molecule has 0 aliphatic heterocycles. The van der Waals surface area contributed by atoms with Gasteiger partial charge in [-0.15, -0.1) is 0 Å². The maximum atomic E-state index is 12.4. The lowest BCUT2D eigenvalue weighted by atomic mass is 9.48. The van der Waals surface area contributed by atoms with Crippen LogP contribution < -0.4 is 5.32 Å². The first-order valence-electron chi connectivity index (χ1n) is 8.16. The summed E-state index contributed by atoms with van der Waals surface area (Å²) in [6, 6.07) is 9.82. The van der Waals surface area contributed by atoms with Crippen LogP contribution in [0.4, 0.5) is 0 Å². The first-order valence-corrected chi connectivity index (χ1v) is 8.16. The van der Waals surface area contributed by atoms with E-state index in [0.29, 0.717) is 24.5 Å². The van der Waals surface area contributed by atoms with Crippen LogP contribution in [0.2, 0.25) is 0 Å². The molecule has 1 amide bonds. The van der Waals surface area contributed by atoms with Crippen LogP contribution in [0, 0.1) is 23.2 Å². The average molecular weight is 285 g/mol. The number of hydrogen-bond acceptors (Lipinski definition) is 2. The molecule has 5 rings (SSSR count). The van der Waals surface area contributed by atoms with Crippen molar-refractivity contribution in [3.8, 4) is 0 Å². The molecule has 4 fully saturated rings. The number of rotatable bonds is 3. The van der Waals surface area contributed by atoms with E-state index in [-0.39, 0.29) is 11.3 Å². The minimum absolute atomic E-state index is 0.0612. The smallest absolute Gasteiger partial charge is 0.251 e. The van der Waals surface area contributed by atoms with E-state index in [9.17, 15) is 9.90 Å². The van der Waals surface area contributed by atoms with Crippen molar-refractivity contribution >= 4 is 5.91 Å². The summed E-state index contributed by atoms with van der Waals surface area (Å²) in [5.41, 5.74) is 0.924. The van der Waals surface area contributed by atoms with Crippen LogP contribution in [-0.4, -0.2) is 23.7 Å². The molecule has 4 aliphatic carbocycles. The van der Waals surface area contributed by atoms with Gasteiger partial charge in [-0.05, 0) is 67.4 Å². The van der Waals surface area contributed by atoms with E-state index in [1.54, 1.807) is 0 Å². The summed E-state index contributed by atoms with van der Waals surface area (Å²) >= 11 is 0. The number of aliphatic hydroxyl groups is 1. The van der Waals surface area contributed by atoms with Gasteiger partial charge in [-0.25, -0.2) is 0 Å². The molecule has 0 saturated heterocycles. The monoisotopic (exact) mass is 285 g/mol. The Morgan fingerprint density at radius 3 is 2.43 bits per heavy atom. The Labute approximate surface area is 125 Å². The summed E-state index contributed by atoms with van der Waals surface area (Å²) in [5, 5.41) is 13.1. The number of nitrogens with one attached hydrogen (secondary N) is 1. The largest absolute Gasteiger partial charge is 0.396 e. The molecule has 112 valence electrons. The standard InChI is InChI=1S/C18H23NO2/c20-11-18-8-12-6-14(9-18)16(15(7-12)10-18)19-17(21)13-4-2-1-3-5-13/h1-5,12,14-16,20H,6-11H2,(H,19,21). The summed E-state index contributed by atoms with van der Waals surface area (Å²) in [6.07, 6.45) is 5.86. The Bertz CT molecular complexity index is 525. The van der Waals surface area contributed by atoms with Crippen molar-refractivity contribution in [3.05, 3.63) is 35.9 Å². The van der Waals surface area contributed by atoms with Gasteiger partial charge in [-0.1, -0.05) is 18.2 Å². The molecule has 0 spiro atoms. The molecule has 1 aromatic rings. The van der Waals surface area contributed by atoms with Gasteiger partial charge >= 0.3 is 0 Å². The van der Waals surface area contributed by atoms with E-state index >= 15 is 0 Å². The van der Waals surface area contributed by atoms with Gasteiger partial charge < -0.3 is 10.4 Å². The van der Waals surface area contributed by atoms with Crippen LogP contribution in [0.1, 0.15) is 42.5 Å². The molecule has 0 radical (unpaired) electrons. The van der Waals surface area contributed by atoms with Gasteiger partial charge in [0.05, 0.1) is 0 Å². The first kappa shape index (κ1) is 13.3. The Morgan fingerprint density at radius 2 is 1.81 bits per heavy atom. The van der Waals surface area contributed by atoms with Crippen LogP contribution in [0.15, 0.2) is 30.3 Å². The summed E-state index contributed by atoms with van der Waals surface area (Å²) in [5.74, 6) is 1.97. The van der Waals surface area contributed by atoms with Crippen molar-refractivity contribution in [2.24, 2.45) is 23.2 Å². The molecule has 1 aromatic carbocycles. The third kappa shape index (κ3) is 2.18. The summed E-state index contributed by atoms with van der Waals surface area (Å²) in [7, 11) is 0. The molecule has 4 bridgehead atoms. The highest BCUT2D eigenvalue weighted by atomic mass is 16.3. The van der Waals surface area contributed by atoms with Crippen molar-refractivity contribution in [1.82, 2.24) is 5.32 Å². The third-order valence-electron chi connectivity index (χ3n) is 6.07. The molecular formula is C18H23NO2. The molecule has 21 heavy (non-hydrogen) atoms. The van der Waals surface area contributed by atoms with Gasteiger partial charge in [0.15, 0.2) is 0 Å². The second-order valence-corrected chi connectivity index (χ2v) is 7.49. The van der Waals surface area contributed by atoms with Gasteiger partial charge in [0, 0.05) is 18.2 Å². The molecule has 4 aliphatic rings. The molecule has 3 heteroatoms. The number of aliphatic hydroxyl groups excluding tert-OH is 1. The van der Waals surface area contributed by atoms with Gasteiger partial charge in [0.1, 0.15) is 0 Å². The minimum Gasteiger partial charge on any atom is -0.396 e. The van der Waals surface area contributed by atoms with E-state index in [1.807, 2.05) is 30.3 Å². The van der Waals surface area contributed by atoms with E-state index in [1.165, 1.54) is 19.3 Å². The molecule has 2 unspecified atom stereocenters. The maximum absolute atomic E-state index is 12.4. The minimum atomic E-state index is 0.0612. The van der Waals surface area contributed by atoms with Crippen molar-refractivity contribution in [2.45, 2.75) is 38.1 Å². The van der Waals surface area contributed by atoms with Gasteiger partial charge in [0.2, 0.25) is 0 Å². The number of hydrogen-bond donors (Lipinski definition) is 2. The lowest BCUT2D eigenvalue weighted by Crippen LogP contribution is -2.60. The predicted octanol–water partition coefficient (Wildman–Crippen LogP) is 2.60. The highest BCUT2D eigenvalue weighted by Crippen LogP contribution is 2.59. The number of benzene rings is 1. The molecule has 2 atom stereocenters. The third-order valence-corrected chi connectivity index (χ3v) is 6.07. The number of amides is 1.